The number of aryl methyl sites for hydroxylation is 1. The van der Waals surface area contributed by atoms with Crippen molar-refractivity contribution in [3.63, 3.8) is 0 Å². The number of aromatic nitrogens is 2. The normalized spacial score (nSPS) is 10.3. The number of hydrogen-bond donors (Lipinski definition) is 2. The molecule has 5 nitrogen and oxygen atoms in total. The second-order valence-electron chi connectivity index (χ2n) is 5.53. The molecule has 0 fully saturated rings. The minimum atomic E-state index is -0.168. The quantitative estimate of drug-likeness (QED) is 0.734. The molecule has 2 rings (SSSR count). The highest BCUT2D eigenvalue weighted by Gasteiger charge is 2.07. The number of benzene rings is 1. The van der Waals surface area contributed by atoms with E-state index in [1.54, 1.807) is 6.20 Å². The van der Waals surface area contributed by atoms with Gasteiger partial charge in [0.15, 0.2) is 0 Å². The topological polar surface area (TPSA) is 66.9 Å². The van der Waals surface area contributed by atoms with E-state index in [0.717, 1.165) is 19.3 Å². The summed E-state index contributed by atoms with van der Waals surface area (Å²) >= 11 is 0. The SMILES string of the molecule is CCCCCNC(=O)c1cnc(NCc2ccccc2C)cn1. The van der Waals surface area contributed by atoms with Crippen LogP contribution in [0.3, 0.4) is 0 Å². The number of unbranched alkanes of at least 4 members (excludes halogenated alkanes) is 2. The van der Waals surface area contributed by atoms with Gasteiger partial charge in [0.2, 0.25) is 0 Å². The van der Waals surface area contributed by atoms with E-state index in [-0.39, 0.29) is 5.91 Å². The molecule has 0 radical (unpaired) electrons. The zero-order valence-electron chi connectivity index (χ0n) is 13.8. The second-order valence-corrected chi connectivity index (χ2v) is 5.53. The Morgan fingerprint density at radius 2 is 1.96 bits per heavy atom. The largest absolute Gasteiger partial charge is 0.365 e. The molecule has 0 aliphatic carbocycles. The van der Waals surface area contributed by atoms with Gasteiger partial charge in [-0.3, -0.25) is 4.79 Å². The second kappa shape index (κ2) is 8.88. The molecule has 1 amide bonds. The molecule has 0 saturated heterocycles. The van der Waals surface area contributed by atoms with Crippen molar-refractivity contribution in [3.8, 4) is 0 Å². The molecule has 2 N–H and O–H groups in total. The Bertz CT molecular complexity index is 625. The van der Waals surface area contributed by atoms with E-state index in [9.17, 15) is 4.79 Å². The Morgan fingerprint density at radius 3 is 2.65 bits per heavy atom. The van der Waals surface area contributed by atoms with Crippen molar-refractivity contribution in [1.82, 2.24) is 15.3 Å². The lowest BCUT2D eigenvalue weighted by atomic mass is 10.1. The fourth-order valence-corrected chi connectivity index (χ4v) is 2.20. The van der Waals surface area contributed by atoms with Crippen LogP contribution in [0.4, 0.5) is 5.82 Å². The van der Waals surface area contributed by atoms with Crippen LogP contribution < -0.4 is 10.6 Å². The van der Waals surface area contributed by atoms with Crippen molar-refractivity contribution in [3.05, 3.63) is 53.5 Å². The van der Waals surface area contributed by atoms with Crippen molar-refractivity contribution in [1.29, 1.82) is 0 Å². The van der Waals surface area contributed by atoms with Crippen molar-refractivity contribution in [2.75, 3.05) is 11.9 Å². The number of rotatable bonds is 8. The molecule has 0 spiro atoms. The molecule has 0 saturated carbocycles. The number of nitrogens with zero attached hydrogens (tertiary/aromatic N) is 2. The number of carbonyl (C=O) groups is 1. The van der Waals surface area contributed by atoms with E-state index in [4.69, 9.17) is 0 Å². The van der Waals surface area contributed by atoms with Crippen LogP contribution in [-0.4, -0.2) is 22.4 Å². The molecule has 0 aliphatic rings. The maximum atomic E-state index is 11.9. The molecule has 0 bridgehead atoms. The molecule has 0 aliphatic heterocycles. The third-order valence-electron chi connectivity index (χ3n) is 3.67. The lowest BCUT2D eigenvalue weighted by Crippen LogP contribution is -2.25. The molecule has 0 unspecified atom stereocenters. The minimum Gasteiger partial charge on any atom is -0.365 e. The van der Waals surface area contributed by atoms with Gasteiger partial charge in [0.05, 0.1) is 12.4 Å². The first-order valence-electron chi connectivity index (χ1n) is 8.09. The molecule has 1 heterocycles. The summed E-state index contributed by atoms with van der Waals surface area (Å²) in [6.07, 6.45) is 6.35. The summed E-state index contributed by atoms with van der Waals surface area (Å²) in [6.45, 7) is 5.58. The molecular weight excluding hydrogens is 288 g/mol. The van der Waals surface area contributed by atoms with E-state index < -0.39 is 0 Å². The number of carbonyl (C=O) groups excluding carboxylic acids is 1. The first kappa shape index (κ1) is 16.9. The van der Waals surface area contributed by atoms with Crippen LogP contribution in [0.25, 0.3) is 0 Å². The van der Waals surface area contributed by atoms with Gasteiger partial charge in [-0.1, -0.05) is 44.0 Å². The molecule has 122 valence electrons. The Balaban J connectivity index is 1.84. The van der Waals surface area contributed by atoms with E-state index in [2.05, 4.69) is 46.6 Å². The maximum absolute atomic E-state index is 11.9. The highest BCUT2D eigenvalue weighted by molar-refractivity contribution is 5.91. The zero-order valence-corrected chi connectivity index (χ0v) is 13.8. The molecule has 0 atom stereocenters. The Kier molecular flexibility index (Phi) is 6.54. The van der Waals surface area contributed by atoms with Gasteiger partial charge >= 0.3 is 0 Å². The van der Waals surface area contributed by atoms with E-state index in [1.165, 1.54) is 17.3 Å². The van der Waals surface area contributed by atoms with Gasteiger partial charge in [0.25, 0.3) is 5.91 Å². The number of nitrogens with one attached hydrogen (secondary N) is 2. The first-order chi connectivity index (χ1) is 11.2. The fourth-order valence-electron chi connectivity index (χ4n) is 2.20. The summed E-state index contributed by atoms with van der Waals surface area (Å²) in [5.41, 5.74) is 2.80. The highest BCUT2D eigenvalue weighted by atomic mass is 16.1. The van der Waals surface area contributed by atoms with Crippen LogP contribution in [0.5, 0.6) is 0 Å². The number of hydrogen-bond acceptors (Lipinski definition) is 4. The van der Waals surface area contributed by atoms with Crippen LogP contribution in [0.1, 0.15) is 47.8 Å². The summed E-state index contributed by atoms with van der Waals surface area (Å²) in [4.78, 5) is 20.3. The summed E-state index contributed by atoms with van der Waals surface area (Å²) in [5, 5.41) is 6.08. The summed E-state index contributed by atoms with van der Waals surface area (Å²) in [7, 11) is 0. The average Bonchev–Trinajstić information content (AvgIpc) is 2.58. The third-order valence-corrected chi connectivity index (χ3v) is 3.67. The van der Waals surface area contributed by atoms with Gasteiger partial charge in [-0.25, -0.2) is 9.97 Å². The predicted molar refractivity (Wildman–Crippen MR) is 92.4 cm³/mol. The molecular formula is C18H24N4O. The Morgan fingerprint density at radius 1 is 1.13 bits per heavy atom. The van der Waals surface area contributed by atoms with Gasteiger partial charge in [0, 0.05) is 13.1 Å². The van der Waals surface area contributed by atoms with Gasteiger partial charge in [-0.2, -0.15) is 0 Å². The lowest BCUT2D eigenvalue weighted by molar-refractivity contribution is 0.0947. The van der Waals surface area contributed by atoms with Gasteiger partial charge in [-0.15, -0.1) is 0 Å². The van der Waals surface area contributed by atoms with Gasteiger partial charge in [0.1, 0.15) is 11.5 Å². The highest BCUT2D eigenvalue weighted by Crippen LogP contribution is 2.09. The van der Waals surface area contributed by atoms with Crippen LogP contribution in [0.15, 0.2) is 36.7 Å². The Hall–Kier alpha value is -2.43. The monoisotopic (exact) mass is 312 g/mol. The summed E-state index contributed by atoms with van der Waals surface area (Å²) < 4.78 is 0. The van der Waals surface area contributed by atoms with Crippen LogP contribution in [-0.2, 0) is 6.54 Å². The Labute approximate surface area is 137 Å². The van der Waals surface area contributed by atoms with E-state index in [1.807, 2.05) is 12.1 Å². The average molecular weight is 312 g/mol. The van der Waals surface area contributed by atoms with Gasteiger partial charge in [-0.05, 0) is 24.5 Å². The molecule has 5 heteroatoms. The predicted octanol–water partition coefficient (Wildman–Crippen LogP) is 3.32. The van der Waals surface area contributed by atoms with Gasteiger partial charge < -0.3 is 10.6 Å². The van der Waals surface area contributed by atoms with Crippen LogP contribution in [0, 0.1) is 6.92 Å². The number of anilines is 1. The fraction of sp³-hybridized carbons (Fsp3) is 0.389. The molecule has 1 aromatic carbocycles. The van der Waals surface area contributed by atoms with Crippen LogP contribution >= 0.6 is 0 Å². The standard InChI is InChI=1S/C18H24N4O/c1-3-4-7-10-19-18(23)16-12-22-17(13-20-16)21-11-15-9-6-5-8-14(15)2/h5-6,8-9,12-13H,3-4,7,10-11H2,1-2H3,(H,19,23)(H,21,22). The zero-order chi connectivity index (χ0) is 16.5. The summed E-state index contributed by atoms with van der Waals surface area (Å²) in [5.74, 6) is 0.495. The van der Waals surface area contributed by atoms with Crippen molar-refractivity contribution >= 4 is 11.7 Å². The third kappa shape index (κ3) is 5.36. The minimum absolute atomic E-state index is 0.168. The maximum Gasteiger partial charge on any atom is 0.271 e. The molecule has 23 heavy (non-hydrogen) atoms. The van der Waals surface area contributed by atoms with E-state index in [0.29, 0.717) is 24.6 Å². The number of amides is 1. The smallest absolute Gasteiger partial charge is 0.271 e. The lowest BCUT2D eigenvalue weighted by Gasteiger charge is -2.08. The molecule has 1 aromatic heterocycles. The molecule has 2 aromatic rings. The van der Waals surface area contributed by atoms with E-state index >= 15 is 0 Å². The first-order valence-corrected chi connectivity index (χ1v) is 8.09. The van der Waals surface area contributed by atoms with Crippen molar-refractivity contribution in [2.24, 2.45) is 0 Å². The summed E-state index contributed by atoms with van der Waals surface area (Å²) in [6, 6.07) is 8.19. The van der Waals surface area contributed by atoms with Crippen LogP contribution in [0.2, 0.25) is 0 Å². The van der Waals surface area contributed by atoms with Crippen molar-refractivity contribution in [2.45, 2.75) is 39.7 Å². The van der Waals surface area contributed by atoms with Crippen molar-refractivity contribution < 1.29 is 4.79 Å².